The number of amides is 1. The minimum Gasteiger partial charge on any atom is -0.293 e. The minimum atomic E-state index is -4.07. The lowest BCUT2D eigenvalue weighted by atomic mass is 10.2. The second-order valence-electron chi connectivity index (χ2n) is 4.99. The summed E-state index contributed by atoms with van der Waals surface area (Å²) in [6.45, 7) is 1.24. The van der Waals surface area contributed by atoms with E-state index in [1.165, 1.54) is 18.2 Å². The molecule has 2 rings (SSSR count). The number of nitrogens with two attached hydrogens (primary N) is 1. The number of halogens is 2. The lowest BCUT2D eigenvalue weighted by Crippen LogP contribution is -2.43. The van der Waals surface area contributed by atoms with Crippen LogP contribution in [0.2, 0.25) is 5.02 Å². The lowest BCUT2D eigenvalue weighted by Gasteiger charge is -2.24. The number of nitrogens with one attached hydrogen (secondary N) is 1. The SMILES string of the molecule is Cc1ccc(S(=O)(=O)N(CC(=O)NN)c2ccc(F)c(Cl)c2)cc1. The van der Waals surface area contributed by atoms with Gasteiger partial charge in [0.05, 0.1) is 15.6 Å². The monoisotopic (exact) mass is 371 g/mol. The molecular formula is C15H15ClFN3O3S. The number of anilines is 1. The molecule has 0 atom stereocenters. The van der Waals surface area contributed by atoms with Crippen molar-refractivity contribution in [1.29, 1.82) is 0 Å². The van der Waals surface area contributed by atoms with E-state index in [0.717, 1.165) is 22.0 Å². The Morgan fingerprint density at radius 2 is 1.88 bits per heavy atom. The summed E-state index contributed by atoms with van der Waals surface area (Å²) >= 11 is 5.72. The number of aryl methyl sites for hydroxylation is 1. The van der Waals surface area contributed by atoms with Crippen molar-refractivity contribution in [3.8, 4) is 0 Å². The van der Waals surface area contributed by atoms with E-state index >= 15 is 0 Å². The van der Waals surface area contributed by atoms with E-state index < -0.39 is 28.3 Å². The maximum absolute atomic E-state index is 13.4. The number of hydrogen-bond donors (Lipinski definition) is 2. The topological polar surface area (TPSA) is 92.5 Å². The van der Waals surface area contributed by atoms with Gasteiger partial charge in [0, 0.05) is 0 Å². The molecule has 128 valence electrons. The summed E-state index contributed by atoms with van der Waals surface area (Å²) in [7, 11) is -4.07. The van der Waals surface area contributed by atoms with Crippen LogP contribution in [0.1, 0.15) is 5.56 Å². The van der Waals surface area contributed by atoms with Gasteiger partial charge in [0.2, 0.25) is 0 Å². The maximum Gasteiger partial charge on any atom is 0.264 e. The van der Waals surface area contributed by atoms with Crippen LogP contribution < -0.4 is 15.6 Å². The van der Waals surface area contributed by atoms with Crippen molar-refractivity contribution in [2.45, 2.75) is 11.8 Å². The number of hydrogen-bond acceptors (Lipinski definition) is 4. The first-order valence-corrected chi connectivity index (χ1v) is 8.61. The number of benzene rings is 2. The van der Waals surface area contributed by atoms with Gasteiger partial charge in [-0.05, 0) is 37.3 Å². The van der Waals surface area contributed by atoms with Gasteiger partial charge in [-0.25, -0.2) is 18.7 Å². The van der Waals surface area contributed by atoms with Gasteiger partial charge in [0.1, 0.15) is 12.4 Å². The highest BCUT2D eigenvalue weighted by molar-refractivity contribution is 7.92. The molecule has 0 aliphatic heterocycles. The van der Waals surface area contributed by atoms with Crippen LogP contribution in [0, 0.1) is 12.7 Å². The average Bonchev–Trinajstić information content (AvgIpc) is 2.55. The van der Waals surface area contributed by atoms with Crippen LogP contribution in [0.3, 0.4) is 0 Å². The molecule has 0 saturated carbocycles. The first-order valence-electron chi connectivity index (χ1n) is 6.79. The standard InChI is InChI=1S/C15H15ClFN3O3S/c1-10-2-5-12(6-3-10)24(22,23)20(9-15(21)19-18)11-4-7-14(17)13(16)8-11/h2-8H,9,18H2,1H3,(H,19,21). The molecule has 0 unspecified atom stereocenters. The number of hydrazine groups is 1. The Bertz CT molecular complexity index is 857. The Labute approximate surface area is 144 Å². The van der Waals surface area contributed by atoms with E-state index in [1.54, 1.807) is 12.1 Å². The molecule has 0 aliphatic rings. The van der Waals surface area contributed by atoms with Crippen LogP contribution in [-0.4, -0.2) is 20.9 Å². The molecule has 0 heterocycles. The summed E-state index contributed by atoms with van der Waals surface area (Å²) in [5.41, 5.74) is 2.80. The molecule has 0 saturated heterocycles. The third-order valence-electron chi connectivity index (χ3n) is 3.25. The third kappa shape index (κ3) is 3.84. The minimum absolute atomic E-state index is 0.0154. The smallest absolute Gasteiger partial charge is 0.264 e. The second-order valence-corrected chi connectivity index (χ2v) is 7.26. The Kier molecular flexibility index (Phi) is 5.43. The van der Waals surface area contributed by atoms with Crippen LogP contribution in [0.15, 0.2) is 47.4 Å². The van der Waals surface area contributed by atoms with E-state index in [1.807, 2.05) is 12.3 Å². The molecule has 0 spiro atoms. The van der Waals surface area contributed by atoms with Gasteiger partial charge in [-0.2, -0.15) is 0 Å². The Hall–Kier alpha value is -2.16. The van der Waals surface area contributed by atoms with E-state index in [4.69, 9.17) is 17.4 Å². The van der Waals surface area contributed by atoms with Gasteiger partial charge >= 0.3 is 0 Å². The van der Waals surface area contributed by atoms with Crippen molar-refractivity contribution in [2.24, 2.45) is 5.84 Å². The maximum atomic E-state index is 13.4. The molecule has 0 bridgehead atoms. The fourth-order valence-corrected chi connectivity index (χ4v) is 3.56. The van der Waals surface area contributed by atoms with Crippen LogP contribution >= 0.6 is 11.6 Å². The Balaban J connectivity index is 2.54. The van der Waals surface area contributed by atoms with Crippen LogP contribution in [0.25, 0.3) is 0 Å². The molecule has 6 nitrogen and oxygen atoms in total. The van der Waals surface area contributed by atoms with Crippen LogP contribution in [0.4, 0.5) is 10.1 Å². The normalized spacial score (nSPS) is 11.2. The predicted molar refractivity (Wildman–Crippen MR) is 89.5 cm³/mol. The molecule has 9 heteroatoms. The molecule has 24 heavy (non-hydrogen) atoms. The van der Waals surface area contributed by atoms with Crippen molar-refractivity contribution in [3.63, 3.8) is 0 Å². The van der Waals surface area contributed by atoms with Gasteiger partial charge in [-0.15, -0.1) is 0 Å². The number of carbonyl (C=O) groups is 1. The highest BCUT2D eigenvalue weighted by atomic mass is 35.5. The van der Waals surface area contributed by atoms with Crippen molar-refractivity contribution >= 4 is 33.2 Å². The van der Waals surface area contributed by atoms with Gasteiger partial charge < -0.3 is 0 Å². The van der Waals surface area contributed by atoms with Crippen LogP contribution in [0.5, 0.6) is 0 Å². The largest absolute Gasteiger partial charge is 0.293 e. The summed E-state index contributed by atoms with van der Waals surface area (Å²) in [6.07, 6.45) is 0. The second kappa shape index (κ2) is 7.16. The molecule has 2 aromatic rings. The molecular weight excluding hydrogens is 357 g/mol. The fourth-order valence-electron chi connectivity index (χ4n) is 1.97. The zero-order chi connectivity index (χ0) is 17.9. The molecule has 2 aromatic carbocycles. The quantitative estimate of drug-likeness (QED) is 0.477. The molecule has 0 fully saturated rings. The first-order chi connectivity index (χ1) is 11.3. The van der Waals surface area contributed by atoms with Crippen molar-refractivity contribution in [1.82, 2.24) is 5.43 Å². The highest BCUT2D eigenvalue weighted by Gasteiger charge is 2.27. The summed E-state index contributed by atoms with van der Waals surface area (Å²) in [6, 6.07) is 9.47. The van der Waals surface area contributed by atoms with Gasteiger partial charge in [0.15, 0.2) is 0 Å². The molecule has 0 aromatic heterocycles. The predicted octanol–water partition coefficient (Wildman–Crippen LogP) is 1.97. The number of rotatable bonds is 5. The number of nitrogens with zero attached hydrogens (tertiary/aromatic N) is 1. The van der Waals surface area contributed by atoms with Gasteiger partial charge in [-0.1, -0.05) is 29.3 Å². The Morgan fingerprint density at radius 3 is 2.42 bits per heavy atom. The third-order valence-corrected chi connectivity index (χ3v) is 5.33. The zero-order valence-corrected chi connectivity index (χ0v) is 14.2. The highest BCUT2D eigenvalue weighted by Crippen LogP contribution is 2.27. The van der Waals surface area contributed by atoms with E-state index in [0.29, 0.717) is 0 Å². The van der Waals surface area contributed by atoms with Gasteiger partial charge in [-0.3, -0.25) is 14.5 Å². The fraction of sp³-hybridized carbons (Fsp3) is 0.133. The summed E-state index contributed by atoms with van der Waals surface area (Å²) in [5, 5.41) is -0.259. The lowest BCUT2D eigenvalue weighted by molar-refractivity contribution is -0.119. The van der Waals surface area contributed by atoms with E-state index in [2.05, 4.69) is 0 Å². The van der Waals surface area contributed by atoms with Crippen molar-refractivity contribution in [2.75, 3.05) is 10.8 Å². The first kappa shape index (κ1) is 18.2. The van der Waals surface area contributed by atoms with Crippen LogP contribution in [-0.2, 0) is 14.8 Å². The number of carbonyl (C=O) groups excluding carboxylic acids is 1. The average molecular weight is 372 g/mol. The zero-order valence-electron chi connectivity index (χ0n) is 12.7. The molecule has 3 N–H and O–H groups in total. The number of sulfonamides is 1. The van der Waals surface area contributed by atoms with E-state index in [-0.39, 0.29) is 15.6 Å². The Morgan fingerprint density at radius 1 is 1.25 bits per heavy atom. The molecule has 1 amide bonds. The molecule has 0 radical (unpaired) electrons. The molecule has 0 aliphatic carbocycles. The summed E-state index contributed by atoms with van der Waals surface area (Å²) < 4.78 is 39.9. The van der Waals surface area contributed by atoms with Crippen molar-refractivity contribution < 1.29 is 17.6 Å². The summed E-state index contributed by atoms with van der Waals surface area (Å²) in [5.74, 6) is 3.62. The summed E-state index contributed by atoms with van der Waals surface area (Å²) in [4.78, 5) is 11.6. The van der Waals surface area contributed by atoms with Gasteiger partial charge in [0.25, 0.3) is 15.9 Å². The van der Waals surface area contributed by atoms with Crippen molar-refractivity contribution in [3.05, 3.63) is 58.9 Å². The van der Waals surface area contributed by atoms with E-state index in [9.17, 15) is 17.6 Å².